The van der Waals surface area contributed by atoms with Crippen molar-refractivity contribution in [2.45, 2.75) is 31.8 Å². The molecule has 0 aliphatic heterocycles. The van der Waals surface area contributed by atoms with Crippen molar-refractivity contribution >= 4 is 17.4 Å². The summed E-state index contributed by atoms with van der Waals surface area (Å²) >= 11 is 0. The summed E-state index contributed by atoms with van der Waals surface area (Å²) in [5.74, 6) is 0.765. The van der Waals surface area contributed by atoms with Gasteiger partial charge in [0.05, 0.1) is 6.04 Å². The lowest BCUT2D eigenvalue weighted by Gasteiger charge is -2.27. The van der Waals surface area contributed by atoms with Crippen molar-refractivity contribution < 1.29 is 4.79 Å². The van der Waals surface area contributed by atoms with Gasteiger partial charge in [-0.2, -0.15) is 0 Å². The highest BCUT2D eigenvalue weighted by Gasteiger charge is 2.28. The minimum atomic E-state index is -0.228. The summed E-state index contributed by atoms with van der Waals surface area (Å²) in [6, 6.07) is 18.0. The fourth-order valence-electron chi connectivity index (χ4n) is 3.12. The molecule has 8 heteroatoms. The smallest absolute Gasteiger partial charge is 0.319 e. The van der Waals surface area contributed by atoms with E-state index in [-0.39, 0.29) is 12.1 Å². The minimum absolute atomic E-state index is 0.159. The molecule has 0 unspecified atom stereocenters. The first kappa shape index (κ1) is 18.9. The molecule has 150 valence electrons. The fraction of sp³-hybridized carbons (Fsp3) is 0.333. The lowest BCUT2D eigenvalue weighted by atomic mass is 10.2. The van der Waals surface area contributed by atoms with Gasteiger partial charge in [0, 0.05) is 36.6 Å². The SMILES string of the molecule is C[C@@H](CNC(=O)Nc1ccc(-c2nnnn2C2CC2)cc1)N(C)c1ccccc1. The van der Waals surface area contributed by atoms with Gasteiger partial charge in [0.15, 0.2) is 5.82 Å². The molecule has 2 amide bonds. The maximum absolute atomic E-state index is 12.3. The molecule has 1 aliphatic carbocycles. The Labute approximate surface area is 169 Å². The molecule has 1 fully saturated rings. The Morgan fingerprint density at radius 3 is 2.59 bits per heavy atom. The van der Waals surface area contributed by atoms with Crippen LogP contribution in [0, 0.1) is 0 Å². The van der Waals surface area contributed by atoms with Crippen LogP contribution >= 0.6 is 0 Å². The second-order valence-electron chi connectivity index (χ2n) is 7.39. The summed E-state index contributed by atoms with van der Waals surface area (Å²) in [7, 11) is 2.02. The number of anilines is 2. The molecule has 1 saturated carbocycles. The zero-order valence-electron chi connectivity index (χ0n) is 16.6. The molecular formula is C21H25N7O. The number of carbonyl (C=O) groups excluding carboxylic acids is 1. The number of hydrogen-bond acceptors (Lipinski definition) is 5. The largest absolute Gasteiger partial charge is 0.370 e. The Morgan fingerprint density at radius 1 is 1.17 bits per heavy atom. The van der Waals surface area contributed by atoms with Gasteiger partial charge in [-0.3, -0.25) is 0 Å². The Kier molecular flexibility index (Phi) is 5.41. The van der Waals surface area contributed by atoms with Gasteiger partial charge in [0.2, 0.25) is 0 Å². The third-order valence-corrected chi connectivity index (χ3v) is 5.17. The van der Waals surface area contributed by atoms with Crippen LogP contribution in [-0.2, 0) is 0 Å². The van der Waals surface area contributed by atoms with E-state index in [0.717, 1.165) is 35.6 Å². The van der Waals surface area contributed by atoms with Crippen molar-refractivity contribution in [1.29, 1.82) is 0 Å². The van der Waals surface area contributed by atoms with Gasteiger partial charge in [-0.1, -0.05) is 18.2 Å². The Bertz CT molecular complexity index is 951. The molecule has 2 N–H and O–H groups in total. The van der Waals surface area contributed by atoms with E-state index in [1.807, 2.05) is 54.2 Å². The van der Waals surface area contributed by atoms with Crippen molar-refractivity contribution in [1.82, 2.24) is 25.5 Å². The molecule has 29 heavy (non-hydrogen) atoms. The van der Waals surface area contributed by atoms with Crippen LogP contribution < -0.4 is 15.5 Å². The van der Waals surface area contributed by atoms with Crippen LogP contribution in [0.25, 0.3) is 11.4 Å². The monoisotopic (exact) mass is 391 g/mol. The average molecular weight is 391 g/mol. The van der Waals surface area contributed by atoms with Crippen LogP contribution in [0.15, 0.2) is 54.6 Å². The number of nitrogens with zero attached hydrogens (tertiary/aromatic N) is 5. The van der Waals surface area contributed by atoms with E-state index in [9.17, 15) is 4.79 Å². The number of amides is 2. The van der Waals surface area contributed by atoms with Crippen LogP contribution in [-0.4, -0.2) is 45.9 Å². The maximum atomic E-state index is 12.3. The zero-order valence-corrected chi connectivity index (χ0v) is 16.6. The van der Waals surface area contributed by atoms with Gasteiger partial charge in [-0.25, -0.2) is 9.48 Å². The van der Waals surface area contributed by atoms with Crippen molar-refractivity contribution in [3.63, 3.8) is 0 Å². The number of rotatable bonds is 7. The van der Waals surface area contributed by atoms with Crippen LogP contribution in [0.3, 0.4) is 0 Å². The third kappa shape index (κ3) is 4.53. The van der Waals surface area contributed by atoms with Crippen molar-refractivity contribution in [2.75, 3.05) is 23.8 Å². The maximum Gasteiger partial charge on any atom is 0.319 e. The van der Waals surface area contributed by atoms with Gasteiger partial charge < -0.3 is 15.5 Å². The van der Waals surface area contributed by atoms with E-state index < -0.39 is 0 Å². The Hall–Kier alpha value is -3.42. The molecule has 1 atom stereocenters. The topological polar surface area (TPSA) is 88.0 Å². The number of benzene rings is 2. The third-order valence-electron chi connectivity index (χ3n) is 5.17. The first-order valence-corrected chi connectivity index (χ1v) is 9.83. The summed E-state index contributed by atoms with van der Waals surface area (Å²) in [6.07, 6.45) is 2.24. The molecule has 8 nitrogen and oxygen atoms in total. The van der Waals surface area contributed by atoms with Crippen LogP contribution in [0.2, 0.25) is 0 Å². The van der Waals surface area contributed by atoms with Gasteiger partial charge >= 0.3 is 6.03 Å². The van der Waals surface area contributed by atoms with Crippen molar-refractivity contribution in [2.24, 2.45) is 0 Å². The summed E-state index contributed by atoms with van der Waals surface area (Å²) < 4.78 is 1.87. The molecule has 2 aromatic carbocycles. The van der Waals surface area contributed by atoms with E-state index in [4.69, 9.17) is 0 Å². The Morgan fingerprint density at radius 2 is 1.90 bits per heavy atom. The Balaban J connectivity index is 1.30. The van der Waals surface area contributed by atoms with Gasteiger partial charge in [0.1, 0.15) is 0 Å². The summed E-state index contributed by atoms with van der Waals surface area (Å²) in [4.78, 5) is 14.4. The molecule has 0 radical (unpaired) electrons. The van der Waals surface area contributed by atoms with Crippen LogP contribution in [0.5, 0.6) is 0 Å². The van der Waals surface area contributed by atoms with E-state index in [1.165, 1.54) is 0 Å². The highest BCUT2D eigenvalue weighted by molar-refractivity contribution is 5.89. The fourth-order valence-corrected chi connectivity index (χ4v) is 3.12. The first-order valence-electron chi connectivity index (χ1n) is 9.83. The standard InChI is InChI=1S/C21H25N7O/c1-15(27(2)18-6-4-3-5-7-18)14-22-21(29)23-17-10-8-16(9-11-17)20-24-25-26-28(20)19-12-13-19/h3-11,15,19H,12-14H2,1-2H3,(H2,22,23,29)/t15-/m0/s1. The van der Waals surface area contributed by atoms with Gasteiger partial charge in [-0.05, 0) is 66.6 Å². The normalized spacial score (nSPS) is 14.3. The number of tetrazole rings is 1. The van der Waals surface area contributed by atoms with Gasteiger partial charge in [0.25, 0.3) is 0 Å². The quantitative estimate of drug-likeness (QED) is 0.645. The summed E-state index contributed by atoms with van der Waals surface area (Å²) in [5, 5.41) is 17.8. The molecule has 1 aliphatic rings. The highest BCUT2D eigenvalue weighted by atomic mass is 16.2. The van der Waals surface area contributed by atoms with Gasteiger partial charge in [-0.15, -0.1) is 5.10 Å². The molecule has 0 bridgehead atoms. The molecule has 0 spiro atoms. The number of likely N-dealkylation sites (N-methyl/N-ethyl adjacent to an activating group) is 1. The van der Waals surface area contributed by atoms with E-state index in [0.29, 0.717) is 12.6 Å². The zero-order chi connectivity index (χ0) is 20.2. The average Bonchev–Trinajstić information content (AvgIpc) is 3.49. The molecule has 1 aromatic heterocycles. The van der Waals surface area contributed by atoms with E-state index in [2.05, 4.69) is 50.1 Å². The number of hydrogen-bond donors (Lipinski definition) is 2. The predicted molar refractivity (Wildman–Crippen MR) is 113 cm³/mol. The molecule has 1 heterocycles. The molecule has 4 rings (SSSR count). The second kappa shape index (κ2) is 8.30. The van der Waals surface area contributed by atoms with Crippen molar-refractivity contribution in [3.8, 4) is 11.4 Å². The first-order chi connectivity index (χ1) is 14.1. The highest BCUT2D eigenvalue weighted by Crippen LogP contribution is 2.36. The number of carbonyl (C=O) groups is 1. The lowest BCUT2D eigenvalue weighted by Crippen LogP contribution is -2.41. The van der Waals surface area contributed by atoms with Crippen molar-refractivity contribution in [3.05, 3.63) is 54.6 Å². The van der Waals surface area contributed by atoms with E-state index in [1.54, 1.807) is 0 Å². The number of urea groups is 1. The number of para-hydroxylation sites is 1. The second-order valence-corrected chi connectivity index (χ2v) is 7.39. The van der Waals surface area contributed by atoms with Crippen LogP contribution in [0.4, 0.5) is 16.2 Å². The lowest BCUT2D eigenvalue weighted by molar-refractivity contribution is 0.251. The van der Waals surface area contributed by atoms with Crippen LogP contribution in [0.1, 0.15) is 25.8 Å². The molecular weight excluding hydrogens is 366 g/mol. The summed E-state index contributed by atoms with van der Waals surface area (Å²) in [6.45, 7) is 2.61. The van der Waals surface area contributed by atoms with E-state index >= 15 is 0 Å². The number of aromatic nitrogens is 4. The summed E-state index contributed by atoms with van der Waals surface area (Å²) in [5.41, 5.74) is 2.78. The minimum Gasteiger partial charge on any atom is -0.370 e. The molecule has 0 saturated heterocycles. The number of nitrogens with one attached hydrogen (secondary N) is 2. The molecule has 3 aromatic rings. The predicted octanol–water partition coefficient (Wildman–Crippen LogP) is 3.32.